The summed E-state index contributed by atoms with van der Waals surface area (Å²) in [6.07, 6.45) is 1.19. The van der Waals surface area contributed by atoms with E-state index >= 15 is 0 Å². The highest BCUT2D eigenvalue weighted by molar-refractivity contribution is 6.07. The molecule has 3 aromatic rings. The first-order chi connectivity index (χ1) is 9.12. The number of nitrogens with zero attached hydrogens (tertiary/aromatic N) is 1. The molecule has 0 fully saturated rings. The van der Waals surface area contributed by atoms with Crippen molar-refractivity contribution in [2.75, 3.05) is 0 Å². The molecule has 0 aliphatic carbocycles. The van der Waals surface area contributed by atoms with Crippen molar-refractivity contribution in [3.63, 3.8) is 0 Å². The lowest BCUT2D eigenvalue weighted by Crippen LogP contribution is -2.18. The van der Waals surface area contributed by atoms with Gasteiger partial charge in [-0.15, -0.1) is 0 Å². The molecule has 3 rings (SSSR count). The van der Waals surface area contributed by atoms with Crippen LogP contribution in [0.15, 0.2) is 48.5 Å². The van der Waals surface area contributed by atoms with Crippen LogP contribution in [-0.2, 0) is 6.54 Å². The minimum absolute atomic E-state index is 0.324. The van der Waals surface area contributed by atoms with Crippen LogP contribution in [0, 0.1) is 5.41 Å². The molecular formula is C18H21N. The zero-order chi connectivity index (χ0) is 13.5. The molecule has 0 aliphatic rings. The fourth-order valence-electron chi connectivity index (χ4n) is 2.71. The average molecular weight is 251 g/mol. The first-order valence-corrected chi connectivity index (χ1v) is 7.08. The first-order valence-electron chi connectivity index (χ1n) is 7.08. The number of rotatable bonds is 3. The van der Waals surface area contributed by atoms with Gasteiger partial charge in [0.15, 0.2) is 0 Å². The zero-order valence-corrected chi connectivity index (χ0v) is 12.0. The maximum atomic E-state index is 2.48. The smallest absolute Gasteiger partial charge is 0.0491 e. The molecule has 0 saturated carbocycles. The van der Waals surface area contributed by atoms with Gasteiger partial charge in [0.25, 0.3) is 0 Å². The minimum Gasteiger partial charge on any atom is -0.340 e. The van der Waals surface area contributed by atoms with Crippen molar-refractivity contribution in [3.8, 4) is 0 Å². The molecule has 1 heteroatoms. The van der Waals surface area contributed by atoms with Crippen LogP contribution in [0.3, 0.4) is 0 Å². The highest BCUT2D eigenvalue weighted by Crippen LogP contribution is 2.32. The van der Waals surface area contributed by atoms with E-state index in [1.165, 1.54) is 28.2 Å². The van der Waals surface area contributed by atoms with E-state index in [0.29, 0.717) is 5.41 Å². The average Bonchev–Trinajstić information content (AvgIpc) is 2.74. The fourth-order valence-corrected chi connectivity index (χ4v) is 2.71. The standard InChI is InChI=1S/C18H21N/c1-4-18(2,3)13-19-16-11-7-5-9-14(16)15-10-6-8-12-17(15)19/h5-12H,4,13H2,1-3H3. The van der Waals surface area contributed by atoms with E-state index in [2.05, 4.69) is 73.9 Å². The van der Waals surface area contributed by atoms with Gasteiger partial charge in [-0.3, -0.25) is 0 Å². The van der Waals surface area contributed by atoms with Gasteiger partial charge in [0.1, 0.15) is 0 Å². The Kier molecular flexibility index (Phi) is 2.85. The lowest BCUT2D eigenvalue weighted by Gasteiger charge is -2.24. The molecule has 0 radical (unpaired) electrons. The van der Waals surface area contributed by atoms with E-state index in [1.807, 2.05) is 0 Å². The molecule has 0 amide bonds. The Balaban J connectivity index is 2.31. The van der Waals surface area contributed by atoms with Gasteiger partial charge >= 0.3 is 0 Å². The number of hydrogen-bond acceptors (Lipinski definition) is 0. The van der Waals surface area contributed by atoms with Gasteiger partial charge in [-0.1, -0.05) is 57.2 Å². The lowest BCUT2D eigenvalue weighted by atomic mass is 9.90. The third-order valence-corrected chi connectivity index (χ3v) is 4.22. The molecule has 1 nitrogen and oxygen atoms in total. The Morgan fingerprint density at radius 3 is 1.79 bits per heavy atom. The first kappa shape index (κ1) is 12.3. The van der Waals surface area contributed by atoms with E-state index in [9.17, 15) is 0 Å². The molecule has 0 atom stereocenters. The highest BCUT2D eigenvalue weighted by atomic mass is 15.0. The highest BCUT2D eigenvalue weighted by Gasteiger charge is 2.19. The van der Waals surface area contributed by atoms with Crippen LogP contribution < -0.4 is 0 Å². The predicted molar refractivity (Wildman–Crippen MR) is 83.5 cm³/mol. The van der Waals surface area contributed by atoms with E-state index < -0.39 is 0 Å². The second-order valence-electron chi connectivity index (χ2n) is 6.14. The van der Waals surface area contributed by atoms with Crippen molar-refractivity contribution in [1.29, 1.82) is 0 Å². The Bertz CT molecular complexity index is 665. The van der Waals surface area contributed by atoms with Gasteiger partial charge < -0.3 is 4.57 Å². The minimum atomic E-state index is 0.324. The second-order valence-corrected chi connectivity index (χ2v) is 6.14. The van der Waals surface area contributed by atoms with Crippen molar-refractivity contribution < 1.29 is 0 Å². The molecule has 19 heavy (non-hydrogen) atoms. The van der Waals surface area contributed by atoms with Crippen LogP contribution in [0.2, 0.25) is 0 Å². The predicted octanol–water partition coefficient (Wildman–Crippen LogP) is 5.23. The van der Waals surface area contributed by atoms with Crippen molar-refractivity contribution >= 4 is 21.8 Å². The number of fused-ring (bicyclic) bond motifs is 3. The van der Waals surface area contributed by atoms with E-state index in [1.54, 1.807) is 0 Å². The van der Waals surface area contributed by atoms with E-state index in [0.717, 1.165) is 6.54 Å². The lowest BCUT2D eigenvalue weighted by molar-refractivity contribution is 0.303. The number of aromatic nitrogens is 1. The summed E-state index contributed by atoms with van der Waals surface area (Å²) in [5, 5.41) is 2.73. The van der Waals surface area contributed by atoms with Crippen LogP contribution in [0.25, 0.3) is 21.8 Å². The number of hydrogen-bond donors (Lipinski definition) is 0. The van der Waals surface area contributed by atoms with Crippen LogP contribution in [-0.4, -0.2) is 4.57 Å². The Hall–Kier alpha value is -1.76. The van der Waals surface area contributed by atoms with Crippen LogP contribution >= 0.6 is 0 Å². The second kappa shape index (κ2) is 4.41. The molecular weight excluding hydrogens is 230 g/mol. The summed E-state index contributed by atoms with van der Waals surface area (Å²) < 4.78 is 2.48. The van der Waals surface area contributed by atoms with Gasteiger partial charge in [0.2, 0.25) is 0 Å². The van der Waals surface area contributed by atoms with Gasteiger partial charge in [0, 0.05) is 28.4 Å². The molecule has 1 heterocycles. The topological polar surface area (TPSA) is 4.93 Å². The molecule has 1 aromatic heterocycles. The fraction of sp³-hybridized carbons (Fsp3) is 0.333. The number of benzene rings is 2. The SMILES string of the molecule is CCC(C)(C)Cn1c2ccccc2c2ccccc21. The largest absolute Gasteiger partial charge is 0.340 e. The van der Waals surface area contributed by atoms with Gasteiger partial charge in [0.05, 0.1) is 0 Å². The van der Waals surface area contributed by atoms with Crippen molar-refractivity contribution in [3.05, 3.63) is 48.5 Å². The number of para-hydroxylation sites is 2. The normalized spacial score (nSPS) is 12.4. The summed E-state index contributed by atoms with van der Waals surface area (Å²) in [7, 11) is 0. The van der Waals surface area contributed by atoms with E-state index in [-0.39, 0.29) is 0 Å². The summed E-state index contributed by atoms with van der Waals surface area (Å²) in [6.45, 7) is 8.03. The van der Waals surface area contributed by atoms with Crippen LogP contribution in [0.4, 0.5) is 0 Å². The Morgan fingerprint density at radius 1 is 0.842 bits per heavy atom. The molecule has 2 aromatic carbocycles. The quantitative estimate of drug-likeness (QED) is 0.600. The van der Waals surface area contributed by atoms with Crippen molar-refractivity contribution in [2.24, 2.45) is 5.41 Å². The molecule has 0 aliphatic heterocycles. The molecule has 98 valence electrons. The molecule has 0 N–H and O–H groups in total. The Labute approximate surface area is 114 Å². The van der Waals surface area contributed by atoms with Gasteiger partial charge in [-0.25, -0.2) is 0 Å². The van der Waals surface area contributed by atoms with Crippen LogP contribution in [0.1, 0.15) is 27.2 Å². The molecule has 0 unspecified atom stereocenters. The third kappa shape index (κ3) is 2.03. The van der Waals surface area contributed by atoms with Gasteiger partial charge in [-0.05, 0) is 24.0 Å². The van der Waals surface area contributed by atoms with Crippen molar-refractivity contribution in [1.82, 2.24) is 4.57 Å². The molecule has 0 saturated heterocycles. The maximum absolute atomic E-state index is 2.48. The summed E-state index contributed by atoms with van der Waals surface area (Å²) in [4.78, 5) is 0. The third-order valence-electron chi connectivity index (χ3n) is 4.22. The summed E-state index contributed by atoms with van der Waals surface area (Å²) in [6, 6.07) is 17.5. The summed E-state index contributed by atoms with van der Waals surface area (Å²) in [5.41, 5.74) is 3.03. The van der Waals surface area contributed by atoms with E-state index in [4.69, 9.17) is 0 Å². The molecule has 0 bridgehead atoms. The Morgan fingerprint density at radius 2 is 1.32 bits per heavy atom. The van der Waals surface area contributed by atoms with Crippen LogP contribution in [0.5, 0.6) is 0 Å². The summed E-state index contributed by atoms with van der Waals surface area (Å²) in [5.74, 6) is 0. The summed E-state index contributed by atoms with van der Waals surface area (Å²) >= 11 is 0. The molecule has 0 spiro atoms. The van der Waals surface area contributed by atoms with Gasteiger partial charge in [-0.2, -0.15) is 0 Å². The van der Waals surface area contributed by atoms with Crippen molar-refractivity contribution in [2.45, 2.75) is 33.7 Å². The monoisotopic (exact) mass is 251 g/mol. The zero-order valence-electron chi connectivity index (χ0n) is 12.0. The maximum Gasteiger partial charge on any atom is 0.0491 e.